The first-order valence-corrected chi connectivity index (χ1v) is 9.44. The lowest BCUT2D eigenvalue weighted by atomic mass is 10.1. The van der Waals surface area contributed by atoms with E-state index < -0.39 is 0 Å². The first kappa shape index (κ1) is 20.0. The molecule has 0 saturated carbocycles. The van der Waals surface area contributed by atoms with Crippen molar-refractivity contribution >= 4 is 21.9 Å². The minimum atomic E-state index is 0.572. The highest BCUT2D eigenvalue weighted by molar-refractivity contribution is 9.10. The van der Waals surface area contributed by atoms with Gasteiger partial charge in [-0.3, -0.25) is 4.99 Å². The van der Waals surface area contributed by atoms with Gasteiger partial charge in [0.25, 0.3) is 0 Å². The number of nitrogens with one attached hydrogen (secondary N) is 2. The highest BCUT2D eigenvalue weighted by Crippen LogP contribution is 2.22. The van der Waals surface area contributed by atoms with Crippen LogP contribution in [0.15, 0.2) is 27.7 Å². The molecule has 1 fully saturated rings. The molecule has 0 amide bonds. The molecule has 1 atom stereocenters. The molecule has 0 radical (unpaired) electrons. The van der Waals surface area contributed by atoms with E-state index in [2.05, 4.69) is 31.6 Å². The Kier molecular flexibility index (Phi) is 9.07. The van der Waals surface area contributed by atoms with Crippen LogP contribution in [0.25, 0.3) is 0 Å². The van der Waals surface area contributed by atoms with Crippen molar-refractivity contribution in [3.8, 4) is 5.75 Å². The van der Waals surface area contributed by atoms with E-state index in [0.29, 0.717) is 12.5 Å². The molecular weight excluding hydrogens is 386 g/mol. The van der Waals surface area contributed by atoms with Gasteiger partial charge in [-0.1, -0.05) is 15.9 Å². The van der Waals surface area contributed by atoms with Gasteiger partial charge in [0, 0.05) is 49.3 Å². The summed E-state index contributed by atoms with van der Waals surface area (Å²) < 4.78 is 17.5. The van der Waals surface area contributed by atoms with Crippen molar-refractivity contribution < 1.29 is 14.2 Å². The third-order valence-electron chi connectivity index (χ3n) is 4.05. The standard InChI is InChI=1S/C18H28BrN3O3/c1-20-18(21-7-3-8-24-12-14-6-9-25-13-14)22-11-15-10-16(19)4-5-17(15)23-2/h4-5,10,14H,3,6-9,11-13H2,1-2H3,(H2,20,21,22). The van der Waals surface area contributed by atoms with Crippen molar-refractivity contribution in [2.75, 3.05) is 47.1 Å². The molecule has 0 aromatic heterocycles. The summed E-state index contributed by atoms with van der Waals surface area (Å²) in [4.78, 5) is 4.25. The molecule has 1 aromatic carbocycles. The number of aliphatic imine (C=N–C) groups is 1. The number of rotatable bonds is 9. The normalized spacial score (nSPS) is 17.6. The van der Waals surface area contributed by atoms with Crippen LogP contribution < -0.4 is 15.4 Å². The van der Waals surface area contributed by atoms with Crippen LogP contribution in [0.3, 0.4) is 0 Å². The van der Waals surface area contributed by atoms with Crippen LogP contribution in [0.4, 0.5) is 0 Å². The van der Waals surface area contributed by atoms with Crippen LogP contribution in [0, 0.1) is 5.92 Å². The average molecular weight is 414 g/mol. The van der Waals surface area contributed by atoms with Gasteiger partial charge in [0.1, 0.15) is 5.75 Å². The van der Waals surface area contributed by atoms with E-state index in [1.807, 2.05) is 18.2 Å². The van der Waals surface area contributed by atoms with E-state index >= 15 is 0 Å². The molecule has 140 valence electrons. The molecule has 6 nitrogen and oxygen atoms in total. The fourth-order valence-electron chi connectivity index (χ4n) is 2.63. The zero-order chi connectivity index (χ0) is 17.9. The Morgan fingerprint density at radius 2 is 2.28 bits per heavy atom. The van der Waals surface area contributed by atoms with Crippen LogP contribution >= 0.6 is 15.9 Å². The van der Waals surface area contributed by atoms with E-state index in [-0.39, 0.29) is 0 Å². The number of methoxy groups -OCH3 is 1. The van der Waals surface area contributed by atoms with Crippen molar-refractivity contribution in [1.82, 2.24) is 10.6 Å². The fourth-order valence-corrected chi connectivity index (χ4v) is 3.04. The molecule has 25 heavy (non-hydrogen) atoms. The summed E-state index contributed by atoms with van der Waals surface area (Å²) >= 11 is 3.49. The Morgan fingerprint density at radius 3 is 3.00 bits per heavy atom. The first-order chi connectivity index (χ1) is 12.2. The van der Waals surface area contributed by atoms with Crippen LogP contribution in [0.5, 0.6) is 5.75 Å². The largest absolute Gasteiger partial charge is 0.496 e. The zero-order valence-electron chi connectivity index (χ0n) is 15.0. The molecule has 1 aliphatic heterocycles. The summed E-state index contributed by atoms with van der Waals surface area (Å²) in [6.45, 7) is 4.72. The lowest BCUT2D eigenvalue weighted by Gasteiger charge is -2.14. The third kappa shape index (κ3) is 7.22. The van der Waals surface area contributed by atoms with Gasteiger partial charge < -0.3 is 24.8 Å². The molecule has 1 aliphatic rings. The maximum atomic E-state index is 5.70. The lowest BCUT2D eigenvalue weighted by Crippen LogP contribution is -2.37. The average Bonchev–Trinajstić information content (AvgIpc) is 3.14. The van der Waals surface area contributed by atoms with E-state index in [1.54, 1.807) is 14.2 Å². The number of ether oxygens (including phenoxy) is 3. The minimum absolute atomic E-state index is 0.572. The van der Waals surface area contributed by atoms with E-state index in [9.17, 15) is 0 Å². The van der Waals surface area contributed by atoms with Gasteiger partial charge in [-0.25, -0.2) is 0 Å². The molecule has 1 unspecified atom stereocenters. The monoisotopic (exact) mass is 413 g/mol. The zero-order valence-corrected chi connectivity index (χ0v) is 16.6. The SMILES string of the molecule is CN=C(NCCCOCC1CCOC1)NCc1cc(Br)ccc1OC. The fraction of sp³-hybridized carbons (Fsp3) is 0.611. The minimum Gasteiger partial charge on any atom is -0.496 e. The molecule has 1 saturated heterocycles. The van der Waals surface area contributed by atoms with E-state index in [4.69, 9.17) is 14.2 Å². The summed E-state index contributed by atoms with van der Waals surface area (Å²) in [5, 5.41) is 6.61. The molecular formula is C18H28BrN3O3. The predicted octanol–water partition coefficient (Wildman–Crippen LogP) is 2.57. The van der Waals surface area contributed by atoms with Gasteiger partial charge in [-0.2, -0.15) is 0 Å². The van der Waals surface area contributed by atoms with Gasteiger partial charge in [0.15, 0.2) is 5.96 Å². The quantitative estimate of drug-likeness (QED) is 0.370. The molecule has 0 spiro atoms. The summed E-state index contributed by atoms with van der Waals surface area (Å²) in [5.41, 5.74) is 1.07. The number of benzene rings is 1. The van der Waals surface area contributed by atoms with Gasteiger partial charge in [-0.05, 0) is 31.0 Å². The van der Waals surface area contributed by atoms with Crippen molar-refractivity contribution in [3.63, 3.8) is 0 Å². The highest BCUT2D eigenvalue weighted by atomic mass is 79.9. The Hall–Kier alpha value is -1.31. The number of guanidine groups is 1. The third-order valence-corrected chi connectivity index (χ3v) is 4.54. The summed E-state index contributed by atoms with van der Waals surface area (Å²) in [7, 11) is 3.45. The molecule has 2 N–H and O–H groups in total. The molecule has 1 heterocycles. The lowest BCUT2D eigenvalue weighted by molar-refractivity contribution is 0.0888. The van der Waals surface area contributed by atoms with E-state index in [0.717, 1.165) is 67.6 Å². The number of hydrogen-bond acceptors (Lipinski definition) is 4. The molecule has 2 rings (SSSR count). The molecule has 1 aromatic rings. The smallest absolute Gasteiger partial charge is 0.191 e. The second-order valence-electron chi connectivity index (χ2n) is 5.97. The summed E-state index contributed by atoms with van der Waals surface area (Å²) in [6.07, 6.45) is 2.06. The maximum absolute atomic E-state index is 5.70. The van der Waals surface area contributed by atoms with Gasteiger partial charge in [0.05, 0.1) is 20.3 Å². The number of halogens is 1. The van der Waals surface area contributed by atoms with Crippen molar-refractivity contribution in [2.24, 2.45) is 10.9 Å². The van der Waals surface area contributed by atoms with Gasteiger partial charge >= 0.3 is 0 Å². The van der Waals surface area contributed by atoms with Crippen LogP contribution in [0.1, 0.15) is 18.4 Å². The van der Waals surface area contributed by atoms with Gasteiger partial charge in [0.2, 0.25) is 0 Å². The Balaban J connectivity index is 1.62. The number of nitrogens with zero attached hydrogens (tertiary/aromatic N) is 1. The molecule has 0 bridgehead atoms. The summed E-state index contributed by atoms with van der Waals surface area (Å²) in [5.74, 6) is 2.20. The maximum Gasteiger partial charge on any atom is 0.191 e. The van der Waals surface area contributed by atoms with Gasteiger partial charge in [-0.15, -0.1) is 0 Å². The second-order valence-corrected chi connectivity index (χ2v) is 6.88. The predicted molar refractivity (Wildman–Crippen MR) is 103 cm³/mol. The highest BCUT2D eigenvalue weighted by Gasteiger charge is 2.15. The Morgan fingerprint density at radius 1 is 1.40 bits per heavy atom. The van der Waals surface area contributed by atoms with E-state index in [1.165, 1.54) is 0 Å². The number of hydrogen-bond donors (Lipinski definition) is 2. The molecule has 7 heteroatoms. The first-order valence-electron chi connectivity index (χ1n) is 8.65. The Labute approximate surface area is 158 Å². The van der Waals surface area contributed by atoms with Crippen molar-refractivity contribution in [1.29, 1.82) is 0 Å². The second kappa shape index (κ2) is 11.3. The van der Waals surface area contributed by atoms with Crippen LogP contribution in [-0.2, 0) is 16.0 Å². The van der Waals surface area contributed by atoms with Crippen LogP contribution in [0.2, 0.25) is 0 Å². The van der Waals surface area contributed by atoms with Crippen molar-refractivity contribution in [3.05, 3.63) is 28.2 Å². The van der Waals surface area contributed by atoms with Crippen LogP contribution in [-0.4, -0.2) is 53.1 Å². The van der Waals surface area contributed by atoms with Crippen molar-refractivity contribution in [2.45, 2.75) is 19.4 Å². The molecule has 0 aliphatic carbocycles. The topological polar surface area (TPSA) is 64.1 Å². The Bertz CT molecular complexity index is 548. The summed E-state index contributed by atoms with van der Waals surface area (Å²) in [6, 6.07) is 5.96.